The number of benzene rings is 1. The van der Waals surface area contributed by atoms with Crippen molar-refractivity contribution in [2.24, 2.45) is 0 Å². The third-order valence-corrected chi connectivity index (χ3v) is 2.14. The number of nitrogens with zero attached hydrogens (tertiary/aromatic N) is 1. The second-order valence-electron chi connectivity index (χ2n) is 3.39. The van der Waals surface area contributed by atoms with Crippen molar-refractivity contribution in [3.63, 3.8) is 0 Å². The van der Waals surface area contributed by atoms with Crippen molar-refractivity contribution < 1.29 is 14.3 Å². The number of hydrogen-bond donors (Lipinski definition) is 0. The normalized spacial score (nSPS) is 8.67. The summed E-state index contributed by atoms with van der Waals surface area (Å²) in [6.07, 6.45) is -0.0982. The summed E-state index contributed by atoms with van der Waals surface area (Å²) < 4.78 is 4.45. The van der Waals surface area contributed by atoms with Gasteiger partial charge in [0.1, 0.15) is 6.42 Å². The van der Waals surface area contributed by atoms with E-state index < -0.39 is 0 Å². The van der Waals surface area contributed by atoms with Crippen LogP contribution < -0.4 is 0 Å². The number of ether oxygens (including phenoxy) is 1. The highest BCUT2D eigenvalue weighted by molar-refractivity contribution is 5.97. The zero-order valence-corrected chi connectivity index (χ0v) is 9.90. The van der Waals surface area contributed by atoms with E-state index in [1.807, 2.05) is 0 Å². The quantitative estimate of drug-likeness (QED) is 0.459. The lowest BCUT2D eigenvalue weighted by Crippen LogP contribution is -1.97. The maximum absolute atomic E-state index is 11.4. The van der Waals surface area contributed by atoms with Crippen LogP contribution in [0.5, 0.6) is 0 Å². The Morgan fingerprint density at radius 2 is 1.89 bits per heavy atom. The smallest absolute Gasteiger partial charge is 0.317 e. The van der Waals surface area contributed by atoms with Gasteiger partial charge in [-0.2, -0.15) is 5.26 Å². The molecule has 0 aliphatic carbocycles. The lowest BCUT2D eigenvalue weighted by molar-refractivity contribution is -0.139. The molecule has 1 aromatic carbocycles. The number of rotatable bonds is 3. The molecule has 18 heavy (non-hydrogen) atoms. The summed E-state index contributed by atoms with van der Waals surface area (Å²) in [6.45, 7) is 0. The first-order valence-corrected chi connectivity index (χ1v) is 5.23. The molecule has 1 rings (SSSR count). The summed E-state index contributed by atoms with van der Waals surface area (Å²) >= 11 is 0. The van der Waals surface area contributed by atoms with Gasteiger partial charge in [-0.15, -0.1) is 0 Å². The van der Waals surface area contributed by atoms with Crippen molar-refractivity contribution in [3.05, 3.63) is 35.4 Å². The Morgan fingerprint density at radius 3 is 2.44 bits per heavy atom. The van der Waals surface area contributed by atoms with E-state index in [0.29, 0.717) is 11.1 Å². The fourth-order valence-electron chi connectivity index (χ4n) is 1.20. The molecule has 0 amide bonds. The fraction of sp³-hybridized carbons (Fsp3) is 0.214. The summed E-state index contributed by atoms with van der Waals surface area (Å²) in [7, 11) is 1.31. The maximum atomic E-state index is 11.4. The summed E-state index contributed by atoms with van der Waals surface area (Å²) in [5, 5.41) is 8.41. The number of carbonyl (C=O) groups is 2. The van der Waals surface area contributed by atoms with E-state index in [9.17, 15) is 9.59 Å². The van der Waals surface area contributed by atoms with Gasteiger partial charge in [-0.25, -0.2) is 0 Å². The van der Waals surface area contributed by atoms with Crippen molar-refractivity contribution in [2.75, 3.05) is 7.11 Å². The third kappa shape index (κ3) is 4.11. The first-order valence-electron chi connectivity index (χ1n) is 5.23. The van der Waals surface area contributed by atoms with Gasteiger partial charge < -0.3 is 4.74 Å². The topological polar surface area (TPSA) is 67.2 Å². The lowest BCUT2D eigenvalue weighted by Gasteiger charge is -1.96. The van der Waals surface area contributed by atoms with E-state index in [2.05, 4.69) is 16.6 Å². The largest absolute Gasteiger partial charge is 0.468 e. The van der Waals surface area contributed by atoms with Gasteiger partial charge >= 0.3 is 5.97 Å². The number of carbonyl (C=O) groups excluding carboxylic acids is 2. The van der Waals surface area contributed by atoms with Crippen LogP contribution in [0, 0.1) is 23.2 Å². The van der Waals surface area contributed by atoms with E-state index in [4.69, 9.17) is 5.26 Å². The van der Waals surface area contributed by atoms with E-state index in [1.165, 1.54) is 7.11 Å². The summed E-state index contributed by atoms with van der Waals surface area (Å²) in [4.78, 5) is 22.2. The molecule has 0 atom stereocenters. The minimum absolute atomic E-state index is 0.0333. The molecule has 0 aliphatic heterocycles. The van der Waals surface area contributed by atoms with Crippen LogP contribution in [-0.2, 0) is 9.53 Å². The molecular formula is C14H11NO3. The molecule has 0 saturated heterocycles. The van der Waals surface area contributed by atoms with Gasteiger partial charge in [0, 0.05) is 11.1 Å². The van der Waals surface area contributed by atoms with Gasteiger partial charge in [0.25, 0.3) is 0 Å². The molecule has 0 radical (unpaired) electrons. The lowest BCUT2D eigenvalue weighted by atomic mass is 10.1. The second-order valence-corrected chi connectivity index (χ2v) is 3.39. The van der Waals surface area contributed by atoms with Crippen molar-refractivity contribution in [2.45, 2.75) is 12.8 Å². The Balaban J connectivity index is 2.69. The molecule has 4 heteroatoms. The van der Waals surface area contributed by atoms with Crippen molar-refractivity contribution in [1.29, 1.82) is 5.26 Å². The highest BCUT2D eigenvalue weighted by atomic mass is 16.5. The second kappa shape index (κ2) is 6.88. The average Bonchev–Trinajstić information content (AvgIpc) is 2.39. The molecule has 0 fully saturated rings. The van der Waals surface area contributed by atoms with Crippen LogP contribution >= 0.6 is 0 Å². The summed E-state index contributed by atoms with van der Waals surface area (Å²) in [6, 6.07) is 8.38. The molecule has 0 spiro atoms. The van der Waals surface area contributed by atoms with Gasteiger partial charge in [0.15, 0.2) is 5.78 Å². The molecule has 0 aromatic heterocycles. The first-order chi connectivity index (χ1) is 8.67. The Bertz CT molecular complexity index is 541. The van der Waals surface area contributed by atoms with E-state index in [-0.39, 0.29) is 24.6 Å². The highest BCUT2D eigenvalue weighted by Gasteiger charge is 2.03. The molecule has 0 saturated carbocycles. The van der Waals surface area contributed by atoms with Crippen LogP contribution in [-0.4, -0.2) is 18.9 Å². The highest BCUT2D eigenvalue weighted by Crippen LogP contribution is 2.06. The standard InChI is InChI=1S/C14H11NO3/c1-18-14(17)4-2-3-11-5-7-12(8-6-11)13(16)9-10-15/h5-8H,4,9H2,1H3. The number of Topliss-reactive ketones (excluding diaryl/α,β-unsaturated/α-hetero) is 1. The van der Waals surface area contributed by atoms with Crippen LogP contribution in [0.25, 0.3) is 0 Å². The summed E-state index contributed by atoms with van der Waals surface area (Å²) in [5.41, 5.74) is 1.18. The van der Waals surface area contributed by atoms with Crippen molar-refractivity contribution >= 4 is 11.8 Å². The molecule has 0 unspecified atom stereocenters. The zero-order chi connectivity index (χ0) is 13.4. The fourth-order valence-corrected chi connectivity index (χ4v) is 1.20. The van der Waals surface area contributed by atoms with E-state index in [0.717, 1.165) is 0 Å². The Hall–Kier alpha value is -2.59. The molecule has 0 bridgehead atoms. The van der Waals surface area contributed by atoms with Gasteiger partial charge in [-0.3, -0.25) is 9.59 Å². The molecule has 1 aromatic rings. The number of nitriles is 1. The average molecular weight is 241 g/mol. The van der Waals surface area contributed by atoms with E-state index in [1.54, 1.807) is 30.3 Å². The molecular weight excluding hydrogens is 230 g/mol. The molecule has 4 nitrogen and oxygen atoms in total. The number of esters is 1. The van der Waals surface area contributed by atoms with Gasteiger partial charge in [0.05, 0.1) is 19.6 Å². The predicted molar refractivity (Wildman–Crippen MR) is 64.5 cm³/mol. The predicted octanol–water partition coefficient (Wildman–Crippen LogP) is 1.70. The number of methoxy groups -OCH3 is 1. The Kier molecular flexibility index (Phi) is 5.15. The molecule has 0 N–H and O–H groups in total. The minimum Gasteiger partial charge on any atom is -0.468 e. The Morgan fingerprint density at radius 1 is 1.22 bits per heavy atom. The monoisotopic (exact) mass is 241 g/mol. The zero-order valence-electron chi connectivity index (χ0n) is 9.90. The first kappa shape index (κ1) is 13.5. The Labute approximate surface area is 105 Å². The minimum atomic E-state index is -0.386. The van der Waals surface area contributed by atoms with E-state index >= 15 is 0 Å². The van der Waals surface area contributed by atoms with Crippen LogP contribution in [0.2, 0.25) is 0 Å². The SMILES string of the molecule is COC(=O)CC#Cc1ccc(C(=O)CC#N)cc1. The van der Waals surface area contributed by atoms with Crippen LogP contribution in [0.4, 0.5) is 0 Å². The van der Waals surface area contributed by atoms with Crippen molar-refractivity contribution in [1.82, 2.24) is 0 Å². The number of ketones is 1. The van der Waals surface area contributed by atoms with Gasteiger partial charge in [0.2, 0.25) is 0 Å². The molecule has 0 aliphatic rings. The van der Waals surface area contributed by atoms with Crippen LogP contribution in [0.15, 0.2) is 24.3 Å². The van der Waals surface area contributed by atoms with Crippen LogP contribution in [0.1, 0.15) is 28.8 Å². The third-order valence-electron chi connectivity index (χ3n) is 2.14. The number of hydrogen-bond acceptors (Lipinski definition) is 4. The van der Waals surface area contributed by atoms with Gasteiger partial charge in [-0.05, 0) is 12.1 Å². The molecule has 90 valence electrons. The van der Waals surface area contributed by atoms with Crippen molar-refractivity contribution in [3.8, 4) is 17.9 Å². The van der Waals surface area contributed by atoms with Crippen LogP contribution in [0.3, 0.4) is 0 Å². The summed E-state index contributed by atoms with van der Waals surface area (Å²) in [5.74, 6) is 4.84. The molecule has 0 heterocycles. The van der Waals surface area contributed by atoms with Gasteiger partial charge in [-0.1, -0.05) is 24.0 Å². The maximum Gasteiger partial charge on any atom is 0.317 e.